The first kappa shape index (κ1) is 13.6. The Bertz CT molecular complexity index is 209. The average molecular weight is 218 g/mol. The molecular formula is C11H20F2Si. The molecule has 0 aromatic rings. The molecule has 0 aromatic heterocycles. The molecule has 14 heavy (non-hydrogen) atoms. The van der Waals surface area contributed by atoms with Gasteiger partial charge in [0.2, 0.25) is 0 Å². The highest BCUT2D eigenvalue weighted by Gasteiger charge is 2.34. The van der Waals surface area contributed by atoms with Crippen molar-refractivity contribution in [3.05, 3.63) is 23.9 Å². The van der Waals surface area contributed by atoms with E-state index in [1.165, 1.54) is 6.08 Å². The van der Waals surface area contributed by atoms with Gasteiger partial charge in [0, 0.05) is 6.42 Å². The van der Waals surface area contributed by atoms with Crippen molar-refractivity contribution in [1.29, 1.82) is 0 Å². The second kappa shape index (κ2) is 6.12. The smallest absolute Gasteiger partial charge is 0.130 e. The maximum atomic E-state index is 13.8. The number of allylic oxidation sites excluding steroid dienone is 2. The lowest BCUT2D eigenvalue weighted by atomic mass is 10.4. The van der Waals surface area contributed by atoms with Crippen LogP contribution in [0.3, 0.4) is 0 Å². The fourth-order valence-corrected chi connectivity index (χ4v) is 4.83. The van der Waals surface area contributed by atoms with Crippen LogP contribution < -0.4 is 0 Å². The second-order valence-corrected chi connectivity index (χ2v) is 8.67. The zero-order chi connectivity index (χ0) is 11.2. The summed E-state index contributed by atoms with van der Waals surface area (Å²) >= 11 is 0. The summed E-state index contributed by atoms with van der Waals surface area (Å²) in [6.07, 6.45) is 1.44. The van der Waals surface area contributed by atoms with Crippen molar-refractivity contribution in [2.75, 3.05) is 0 Å². The zero-order valence-electron chi connectivity index (χ0n) is 9.37. The Morgan fingerprint density at radius 2 is 1.57 bits per heavy atom. The van der Waals surface area contributed by atoms with Gasteiger partial charge in [-0.3, -0.25) is 0 Å². The summed E-state index contributed by atoms with van der Waals surface area (Å²) in [6, 6.07) is 2.32. The van der Waals surface area contributed by atoms with Crippen LogP contribution in [0.2, 0.25) is 18.1 Å². The quantitative estimate of drug-likeness (QED) is 0.445. The summed E-state index contributed by atoms with van der Waals surface area (Å²) in [5.41, 5.74) is -0.440. The van der Waals surface area contributed by atoms with Gasteiger partial charge in [0.15, 0.2) is 0 Å². The molecule has 3 heteroatoms. The van der Waals surface area contributed by atoms with E-state index in [9.17, 15) is 8.78 Å². The van der Waals surface area contributed by atoms with E-state index in [0.29, 0.717) is 0 Å². The molecule has 0 amide bonds. The van der Waals surface area contributed by atoms with E-state index in [0.717, 1.165) is 18.1 Å². The van der Waals surface area contributed by atoms with Crippen molar-refractivity contribution < 1.29 is 8.78 Å². The van der Waals surface area contributed by atoms with E-state index in [-0.39, 0.29) is 6.42 Å². The molecule has 0 nitrogen and oxygen atoms in total. The van der Waals surface area contributed by atoms with Crippen molar-refractivity contribution in [2.45, 2.75) is 45.3 Å². The zero-order valence-corrected chi connectivity index (χ0v) is 10.4. The Morgan fingerprint density at radius 1 is 1.14 bits per heavy atom. The molecule has 0 aliphatic heterocycles. The third-order valence-electron chi connectivity index (χ3n) is 3.06. The third kappa shape index (κ3) is 2.77. The van der Waals surface area contributed by atoms with Gasteiger partial charge in [0.1, 0.15) is 19.4 Å². The first-order valence-electron chi connectivity index (χ1n) is 5.23. The van der Waals surface area contributed by atoms with Crippen LogP contribution in [-0.4, -0.2) is 8.07 Å². The molecule has 0 aromatic carbocycles. The summed E-state index contributed by atoms with van der Waals surface area (Å²) in [7, 11) is -2.13. The molecule has 0 N–H and O–H groups in total. The van der Waals surface area contributed by atoms with Gasteiger partial charge in [-0.15, -0.1) is 6.58 Å². The number of rotatable bonds is 6. The van der Waals surface area contributed by atoms with Gasteiger partial charge in [-0.25, -0.2) is 8.78 Å². The van der Waals surface area contributed by atoms with E-state index in [1.54, 1.807) is 0 Å². The van der Waals surface area contributed by atoms with Crippen LogP contribution in [0.1, 0.15) is 27.2 Å². The predicted molar refractivity (Wildman–Crippen MR) is 61.3 cm³/mol. The third-order valence-corrected chi connectivity index (χ3v) is 8.32. The second-order valence-electron chi connectivity index (χ2n) is 3.55. The number of halogens is 2. The summed E-state index contributed by atoms with van der Waals surface area (Å²) in [5, 5.41) is 0. The van der Waals surface area contributed by atoms with Crippen molar-refractivity contribution in [3.8, 4) is 0 Å². The lowest BCUT2D eigenvalue weighted by Crippen LogP contribution is -2.33. The van der Waals surface area contributed by atoms with E-state index >= 15 is 0 Å². The molecule has 0 heterocycles. The van der Waals surface area contributed by atoms with Crippen LogP contribution in [0.5, 0.6) is 0 Å². The SMILES string of the molecule is C=CC/C(F)=C(\F)[Si](CC)(CC)CC. The van der Waals surface area contributed by atoms with Crippen LogP contribution in [0, 0.1) is 0 Å². The van der Waals surface area contributed by atoms with Gasteiger partial charge in [-0.05, 0) is 0 Å². The molecular weight excluding hydrogens is 198 g/mol. The minimum atomic E-state index is -2.13. The summed E-state index contributed by atoms with van der Waals surface area (Å²) in [6.45, 7) is 9.29. The molecule has 0 radical (unpaired) electrons. The van der Waals surface area contributed by atoms with E-state index < -0.39 is 19.4 Å². The van der Waals surface area contributed by atoms with Crippen LogP contribution >= 0.6 is 0 Å². The van der Waals surface area contributed by atoms with Crippen molar-refractivity contribution in [2.24, 2.45) is 0 Å². The maximum absolute atomic E-state index is 13.8. The van der Waals surface area contributed by atoms with Crippen LogP contribution in [0.25, 0.3) is 0 Å². The first-order valence-corrected chi connectivity index (χ1v) is 7.85. The highest BCUT2D eigenvalue weighted by atomic mass is 28.3. The molecule has 0 atom stereocenters. The minimum absolute atomic E-state index is 0.0284. The molecule has 82 valence electrons. The maximum Gasteiger partial charge on any atom is 0.130 e. The Hall–Kier alpha value is -0.443. The van der Waals surface area contributed by atoms with Crippen LogP contribution in [-0.2, 0) is 0 Å². The lowest BCUT2D eigenvalue weighted by Gasteiger charge is -2.26. The number of hydrogen-bond acceptors (Lipinski definition) is 0. The molecule has 0 bridgehead atoms. The fraction of sp³-hybridized carbons (Fsp3) is 0.636. The summed E-state index contributed by atoms with van der Waals surface area (Å²) < 4.78 is 27.1. The first-order chi connectivity index (χ1) is 6.57. The molecule has 0 saturated carbocycles. The Kier molecular flexibility index (Phi) is 5.92. The summed E-state index contributed by atoms with van der Waals surface area (Å²) in [4.78, 5) is 0. The molecule has 0 spiro atoms. The van der Waals surface area contributed by atoms with Gasteiger partial charge in [-0.2, -0.15) is 0 Å². The Labute approximate surface area is 86.7 Å². The van der Waals surface area contributed by atoms with Crippen molar-refractivity contribution in [1.82, 2.24) is 0 Å². The van der Waals surface area contributed by atoms with Crippen LogP contribution in [0.4, 0.5) is 8.78 Å². The molecule has 0 fully saturated rings. The van der Waals surface area contributed by atoms with Gasteiger partial charge in [0.25, 0.3) is 0 Å². The average Bonchev–Trinajstić information content (AvgIpc) is 2.21. The molecule has 0 saturated heterocycles. The highest BCUT2D eigenvalue weighted by Crippen LogP contribution is 2.32. The predicted octanol–water partition coefficient (Wildman–Crippen LogP) is 4.76. The molecule has 0 aliphatic rings. The largest absolute Gasteiger partial charge is 0.215 e. The van der Waals surface area contributed by atoms with Gasteiger partial charge in [-0.1, -0.05) is 45.0 Å². The lowest BCUT2D eigenvalue weighted by molar-refractivity contribution is 0.547. The van der Waals surface area contributed by atoms with Crippen molar-refractivity contribution in [3.63, 3.8) is 0 Å². The normalized spacial score (nSPS) is 13.8. The standard InChI is InChI=1S/C11H20F2Si/c1-5-9-10(12)11(13)14(6-2,7-3)8-4/h5H,1,6-9H2,2-4H3/b11-10-. The van der Waals surface area contributed by atoms with E-state index in [4.69, 9.17) is 0 Å². The Morgan fingerprint density at radius 3 is 1.86 bits per heavy atom. The minimum Gasteiger partial charge on any atom is -0.215 e. The summed E-state index contributed by atoms with van der Waals surface area (Å²) in [5.74, 6) is -0.600. The Balaban J connectivity index is 4.99. The van der Waals surface area contributed by atoms with E-state index in [2.05, 4.69) is 6.58 Å². The molecule has 0 aliphatic carbocycles. The monoisotopic (exact) mass is 218 g/mol. The van der Waals surface area contributed by atoms with Gasteiger partial charge in [0.05, 0.1) is 0 Å². The van der Waals surface area contributed by atoms with Gasteiger partial charge >= 0.3 is 0 Å². The molecule has 0 rings (SSSR count). The number of hydrogen-bond donors (Lipinski definition) is 0. The van der Waals surface area contributed by atoms with Crippen LogP contribution in [0.15, 0.2) is 23.9 Å². The topological polar surface area (TPSA) is 0 Å². The van der Waals surface area contributed by atoms with E-state index in [1.807, 2.05) is 20.8 Å². The fourth-order valence-electron chi connectivity index (χ4n) is 1.72. The van der Waals surface area contributed by atoms with Crippen molar-refractivity contribution >= 4 is 8.07 Å². The molecule has 0 unspecified atom stereocenters. The van der Waals surface area contributed by atoms with Gasteiger partial charge < -0.3 is 0 Å². The highest BCUT2D eigenvalue weighted by molar-refractivity contribution is 6.85.